The van der Waals surface area contributed by atoms with Crippen molar-refractivity contribution >= 4 is 11.8 Å². The molecule has 0 aromatic heterocycles. The first-order valence-electron chi connectivity index (χ1n) is 7.72. The SMILES string of the molecule is CCC1(CC)C(NC(=O)c2ccc(C(N)=O)cc2)CC1OC. The van der Waals surface area contributed by atoms with Gasteiger partial charge in [0.25, 0.3) is 5.91 Å². The van der Waals surface area contributed by atoms with Gasteiger partial charge in [-0.2, -0.15) is 0 Å². The van der Waals surface area contributed by atoms with Crippen LogP contribution in [0.5, 0.6) is 0 Å². The van der Waals surface area contributed by atoms with Gasteiger partial charge in [-0.05, 0) is 43.5 Å². The maximum atomic E-state index is 12.4. The molecule has 120 valence electrons. The maximum Gasteiger partial charge on any atom is 0.251 e. The largest absolute Gasteiger partial charge is 0.381 e. The van der Waals surface area contributed by atoms with Gasteiger partial charge in [-0.3, -0.25) is 9.59 Å². The first-order chi connectivity index (χ1) is 10.5. The van der Waals surface area contributed by atoms with Crippen LogP contribution in [-0.2, 0) is 4.74 Å². The van der Waals surface area contributed by atoms with Crippen molar-refractivity contribution in [3.05, 3.63) is 35.4 Å². The lowest BCUT2D eigenvalue weighted by molar-refractivity contribution is -0.120. The zero-order valence-corrected chi connectivity index (χ0v) is 13.4. The van der Waals surface area contributed by atoms with Crippen LogP contribution in [0.3, 0.4) is 0 Å². The third kappa shape index (κ3) is 2.73. The molecule has 1 fully saturated rings. The summed E-state index contributed by atoms with van der Waals surface area (Å²) >= 11 is 0. The molecule has 1 aliphatic rings. The average Bonchev–Trinajstić information content (AvgIpc) is 2.52. The fraction of sp³-hybridized carbons (Fsp3) is 0.529. The van der Waals surface area contributed by atoms with Crippen LogP contribution in [0.25, 0.3) is 0 Å². The number of nitrogens with one attached hydrogen (secondary N) is 1. The van der Waals surface area contributed by atoms with Crippen molar-refractivity contribution < 1.29 is 14.3 Å². The molecular formula is C17H24N2O3. The van der Waals surface area contributed by atoms with Crippen LogP contribution >= 0.6 is 0 Å². The predicted octanol–water partition coefficient (Wildman–Crippen LogP) is 2.11. The normalized spacial score (nSPS) is 22.7. The van der Waals surface area contributed by atoms with E-state index in [-0.39, 0.29) is 23.5 Å². The fourth-order valence-electron chi connectivity index (χ4n) is 3.51. The molecule has 2 amide bonds. The third-order valence-corrected chi connectivity index (χ3v) is 5.12. The van der Waals surface area contributed by atoms with Crippen LogP contribution in [0.15, 0.2) is 24.3 Å². The number of nitrogens with two attached hydrogens (primary N) is 1. The summed E-state index contributed by atoms with van der Waals surface area (Å²) in [5, 5.41) is 3.10. The van der Waals surface area contributed by atoms with Crippen LogP contribution in [0, 0.1) is 5.41 Å². The average molecular weight is 304 g/mol. The maximum absolute atomic E-state index is 12.4. The van der Waals surface area contributed by atoms with E-state index in [1.165, 1.54) is 0 Å². The smallest absolute Gasteiger partial charge is 0.251 e. The van der Waals surface area contributed by atoms with Crippen molar-refractivity contribution in [3.8, 4) is 0 Å². The highest BCUT2D eigenvalue weighted by atomic mass is 16.5. The second-order valence-electron chi connectivity index (χ2n) is 5.87. The molecule has 1 aromatic rings. The molecule has 22 heavy (non-hydrogen) atoms. The lowest BCUT2D eigenvalue weighted by atomic mass is 9.58. The van der Waals surface area contributed by atoms with Gasteiger partial charge in [-0.15, -0.1) is 0 Å². The zero-order valence-electron chi connectivity index (χ0n) is 13.4. The van der Waals surface area contributed by atoms with Crippen LogP contribution in [0.4, 0.5) is 0 Å². The quantitative estimate of drug-likeness (QED) is 0.844. The minimum absolute atomic E-state index is 0.0115. The molecule has 3 N–H and O–H groups in total. The molecule has 0 spiro atoms. The summed E-state index contributed by atoms with van der Waals surface area (Å²) < 4.78 is 5.54. The Morgan fingerprint density at radius 3 is 2.23 bits per heavy atom. The van der Waals surface area contributed by atoms with Crippen LogP contribution in [0.1, 0.15) is 53.8 Å². The van der Waals surface area contributed by atoms with Gasteiger partial charge in [0, 0.05) is 29.7 Å². The van der Waals surface area contributed by atoms with Crippen LogP contribution < -0.4 is 11.1 Å². The monoisotopic (exact) mass is 304 g/mol. The van der Waals surface area contributed by atoms with E-state index in [1.807, 2.05) is 0 Å². The van der Waals surface area contributed by atoms with E-state index in [2.05, 4.69) is 19.2 Å². The van der Waals surface area contributed by atoms with Gasteiger partial charge in [0.15, 0.2) is 0 Å². The topological polar surface area (TPSA) is 81.4 Å². The Morgan fingerprint density at radius 1 is 1.23 bits per heavy atom. The van der Waals surface area contributed by atoms with Gasteiger partial charge in [0.05, 0.1) is 6.10 Å². The Bertz CT molecular complexity index is 550. The summed E-state index contributed by atoms with van der Waals surface area (Å²) in [4.78, 5) is 23.4. The molecule has 1 aromatic carbocycles. The van der Waals surface area contributed by atoms with Gasteiger partial charge < -0.3 is 15.8 Å². The fourth-order valence-corrected chi connectivity index (χ4v) is 3.51. The number of rotatable bonds is 6. The van der Waals surface area contributed by atoms with Crippen molar-refractivity contribution in [2.24, 2.45) is 11.1 Å². The van der Waals surface area contributed by atoms with E-state index >= 15 is 0 Å². The number of primary amides is 1. The minimum Gasteiger partial charge on any atom is -0.381 e. The van der Waals surface area contributed by atoms with E-state index in [0.717, 1.165) is 19.3 Å². The lowest BCUT2D eigenvalue weighted by Crippen LogP contribution is -2.64. The highest BCUT2D eigenvalue weighted by Crippen LogP contribution is 2.48. The molecule has 0 bridgehead atoms. The number of amides is 2. The standard InChI is InChI=1S/C17H24N2O3/c1-4-17(5-2)13(10-14(17)22-3)19-16(21)12-8-6-11(7-9-12)15(18)20/h6-9,13-14H,4-5,10H2,1-3H3,(H2,18,20)(H,19,21). The summed E-state index contributed by atoms with van der Waals surface area (Å²) in [6, 6.07) is 6.52. The number of benzene rings is 1. The summed E-state index contributed by atoms with van der Waals surface area (Å²) in [6.07, 6.45) is 2.97. The number of hydrogen-bond acceptors (Lipinski definition) is 3. The highest BCUT2D eigenvalue weighted by Gasteiger charge is 2.53. The second-order valence-corrected chi connectivity index (χ2v) is 5.87. The predicted molar refractivity (Wildman–Crippen MR) is 84.6 cm³/mol. The van der Waals surface area contributed by atoms with Gasteiger partial charge in [0.1, 0.15) is 0 Å². The Balaban J connectivity index is 2.07. The van der Waals surface area contributed by atoms with Crippen molar-refractivity contribution in [1.82, 2.24) is 5.32 Å². The van der Waals surface area contributed by atoms with Crippen molar-refractivity contribution in [1.29, 1.82) is 0 Å². The molecule has 2 unspecified atom stereocenters. The molecule has 0 saturated heterocycles. The van der Waals surface area contributed by atoms with Crippen LogP contribution in [0.2, 0.25) is 0 Å². The lowest BCUT2D eigenvalue weighted by Gasteiger charge is -2.55. The van der Waals surface area contributed by atoms with E-state index in [9.17, 15) is 9.59 Å². The number of carbonyl (C=O) groups excluding carboxylic acids is 2. The molecule has 2 atom stereocenters. The number of ether oxygens (including phenoxy) is 1. The number of methoxy groups -OCH3 is 1. The summed E-state index contributed by atoms with van der Waals surface area (Å²) in [5.74, 6) is -0.619. The van der Waals surface area contributed by atoms with Crippen molar-refractivity contribution in [3.63, 3.8) is 0 Å². The first kappa shape index (κ1) is 16.5. The van der Waals surface area contributed by atoms with Crippen molar-refractivity contribution in [2.45, 2.75) is 45.3 Å². The molecule has 1 aliphatic carbocycles. The zero-order chi connectivity index (χ0) is 16.3. The van der Waals surface area contributed by atoms with E-state index in [0.29, 0.717) is 11.1 Å². The second kappa shape index (κ2) is 6.48. The summed E-state index contributed by atoms with van der Waals surface area (Å²) in [6.45, 7) is 4.27. The Labute approximate surface area is 131 Å². The molecule has 2 rings (SSSR count). The Morgan fingerprint density at radius 2 is 1.77 bits per heavy atom. The molecule has 1 saturated carbocycles. The van der Waals surface area contributed by atoms with Crippen molar-refractivity contribution in [2.75, 3.05) is 7.11 Å². The molecule has 5 nitrogen and oxygen atoms in total. The first-order valence-corrected chi connectivity index (χ1v) is 7.72. The molecule has 0 aliphatic heterocycles. The number of carbonyl (C=O) groups is 2. The number of hydrogen-bond donors (Lipinski definition) is 2. The van der Waals surface area contributed by atoms with Crippen LogP contribution in [-0.4, -0.2) is 31.1 Å². The molecule has 5 heteroatoms. The van der Waals surface area contributed by atoms with E-state index < -0.39 is 5.91 Å². The van der Waals surface area contributed by atoms with Gasteiger partial charge in [0.2, 0.25) is 5.91 Å². The Hall–Kier alpha value is -1.88. The molecule has 0 radical (unpaired) electrons. The van der Waals surface area contributed by atoms with E-state index in [4.69, 9.17) is 10.5 Å². The third-order valence-electron chi connectivity index (χ3n) is 5.12. The summed E-state index contributed by atoms with van der Waals surface area (Å²) in [5.41, 5.74) is 6.15. The van der Waals surface area contributed by atoms with Gasteiger partial charge >= 0.3 is 0 Å². The van der Waals surface area contributed by atoms with Gasteiger partial charge in [-0.25, -0.2) is 0 Å². The van der Waals surface area contributed by atoms with Gasteiger partial charge in [-0.1, -0.05) is 13.8 Å². The molecular weight excluding hydrogens is 280 g/mol. The van der Waals surface area contributed by atoms with E-state index in [1.54, 1.807) is 31.4 Å². The highest BCUT2D eigenvalue weighted by molar-refractivity contribution is 5.97. The molecule has 0 heterocycles. The summed E-state index contributed by atoms with van der Waals surface area (Å²) in [7, 11) is 1.73. The Kier molecular flexibility index (Phi) is 4.86. The minimum atomic E-state index is -0.495.